The molecule has 0 aromatic heterocycles. The molecule has 1 saturated carbocycles. The summed E-state index contributed by atoms with van der Waals surface area (Å²) in [6, 6.07) is 0. The van der Waals surface area contributed by atoms with E-state index in [-0.39, 0.29) is 5.92 Å². The Kier molecular flexibility index (Phi) is 2.86. The highest BCUT2D eigenvalue weighted by atomic mass is 16.1. The maximum absolute atomic E-state index is 11.3. The minimum Gasteiger partial charge on any atom is -0.299 e. The van der Waals surface area contributed by atoms with Gasteiger partial charge in [0.25, 0.3) is 0 Å². The van der Waals surface area contributed by atoms with Gasteiger partial charge in [-0.3, -0.25) is 4.79 Å². The minimum atomic E-state index is 0.279. The number of ketones is 1. The van der Waals surface area contributed by atoms with Gasteiger partial charge in [0.05, 0.1) is 0 Å². The van der Waals surface area contributed by atoms with Crippen LogP contribution in [0.4, 0.5) is 0 Å². The summed E-state index contributed by atoms with van der Waals surface area (Å²) in [5.74, 6) is 1.30. The van der Waals surface area contributed by atoms with Crippen LogP contribution in [0.15, 0.2) is 12.7 Å². The third kappa shape index (κ3) is 1.92. The van der Waals surface area contributed by atoms with Crippen LogP contribution in [-0.4, -0.2) is 5.78 Å². The topological polar surface area (TPSA) is 17.1 Å². The van der Waals surface area contributed by atoms with Crippen molar-refractivity contribution >= 4 is 5.78 Å². The van der Waals surface area contributed by atoms with Crippen LogP contribution in [-0.2, 0) is 4.79 Å². The molecule has 0 saturated heterocycles. The smallest absolute Gasteiger partial charge is 0.136 e. The highest BCUT2D eigenvalue weighted by Crippen LogP contribution is 2.29. The maximum Gasteiger partial charge on any atom is 0.136 e. The van der Waals surface area contributed by atoms with Crippen molar-refractivity contribution < 1.29 is 4.79 Å². The van der Waals surface area contributed by atoms with Crippen LogP contribution in [0, 0.1) is 11.8 Å². The van der Waals surface area contributed by atoms with E-state index in [2.05, 4.69) is 13.5 Å². The van der Waals surface area contributed by atoms with Crippen molar-refractivity contribution in [3.63, 3.8) is 0 Å². The normalized spacial score (nSPS) is 31.9. The molecule has 11 heavy (non-hydrogen) atoms. The van der Waals surface area contributed by atoms with E-state index in [1.165, 1.54) is 6.42 Å². The zero-order valence-electron chi connectivity index (χ0n) is 7.18. The monoisotopic (exact) mass is 152 g/mol. The summed E-state index contributed by atoms with van der Waals surface area (Å²) in [6.07, 6.45) is 5.84. The maximum atomic E-state index is 11.3. The van der Waals surface area contributed by atoms with E-state index < -0.39 is 0 Å². The lowest BCUT2D eigenvalue weighted by Crippen LogP contribution is -2.25. The molecule has 1 fully saturated rings. The second-order valence-electron chi connectivity index (χ2n) is 3.47. The molecule has 1 rings (SSSR count). The summed E-state index contributed by atoms with van der Waals surface area (Å²) in [7, 11) is 0. The van der Waals surface area contributed by atoms with Gasteiger partial charge >= 0.3 is 0 Å². The minimum absolute atomic E-state index is 0.279. The summed E-state index contributed by atoms with van der Waals surface area (Å²) in [6.45, 7) is 5.84. The summed E-state index contributed by atoms with van der Waals surface area (Å²) < 4.78 is 0. The molecule has 0 unspecified atom stereocenters. The molecule has 1 heteroatoms. The van der Waals surface area contributed by atoms with Crippen LogP contribution >= 0.6 is 0 Å². The van der Waals surface area contributed by atoms with Crippen molar-refractivity contribution in [1.82, 2.24) is 0 Å². The van der Waals surface area contributed by atoms with Gasteiger partial charge in [-0.2, -0.15) is 0 Å². The summed E-state index contributed by atoms with van der Waals surface area (Å²) >= 11 is 0. The molecule has 1 nitrogen and oxygen atoms in total. The van der Waals surface area contributed by atoms with Gasteiger partial charge in [-0.15, -0.1) is 6.58 Å². The van der Waals surface area contributed by atoms with Crippen molar-refractivity contribution in [2.45, 2.75) is 32.6 Å². The van der Waals surface area contributed by atoms with Crippen LogP contribution in [0.25, 0.3) is 0 Å². The van der Waals surface area contributed by atoms with Crippen molar-refractivity contribution in [1.29, 1.82) is 0 Å². The highest BCUT2D eigenvalue weighted by Gasteiger charge is 2.26. The lowest BCUT2D eigenvalue weighted by molar-refractivity contribution is -0.126. The molecule has 0 radical (unpaired) electrons. The van der Waals surface area contributed by atoms with Gasteiger partial charge in [-0.1, -0.05) is 13.0 Å². The lowest BCUT2D eigenvalue weighted by Gasteiger charge is -2.26. The van der Waals surface area contributed by atoms with Gasteiger partial charge < -0.3 is 0 Å². The molecular formula is C10H16O. The molecule has 0 heterocycles. The van der Waals surface area contributed by atoms with Crippen LogP contribution in [0.1, 0.15) is 32.6 Å². The van der Waals surface area contributed by atoms with Crippen LogP contribution in [0.5, 0.6) is 0 Å². The van der Waals surface area contributed by atoms with Gasteiger partial charge in [0.1, 0.15) is 5.78 Å². The van der Waals surface area contributed by atoms with Crippen molar-refractivity contribution in [2.75, 3.05) is 0 Å². The van der Waals surface area contributed by atoms with Gasteiger partial charge in [0.15, 0.2) is 0 Å². The second-order valence-corrected chi connectivity index (χ2v) is 3.47. The molecule has 0 spiro atoms. The Morgan fingerprint density at radius 3 is 3.00 bits per heavy atom. The fraction of sp³-hybridized carbons (Fsp3) is 0.700. The first kappa shape index (κ1) is 8.51. The van der Waals surface area contributed by atoms with Crippen LogP contribution in [0.2, 0.25) is 0 Å². The number of hydrogen-bond acceptors (Lipinski definition) is 1. The van der Waals surface area contributed by atoms with E-state index in [9.17, 15) is 4.79 Å². The Morgan fingerprint density at radius 2 is 2.45 bits per heavy atom. The Morgan fingerprint density at radius 1 is 1.73 bits per heavy atom. The Labute approximate surface area is 68.5 Å². The van der Waals surface area contributed by atoms with E-state index in [1.54, 1.807) is 0 Å². The standard InChI is InChI=1S/C10H16O/c1-3-5-9-8(2)6-4-7-10(9)11/h3,8-9H,1,4-7H2,2H3/t8-,9+/m1/s1. The molecule has 0 bridgehead atoms. The molecule has 1 aliphatic rings. The largest absolute Gasteiger partial charge is 0.299 e. The summed E-state index contributed by atoms with van der Waals surface area (Å²) in [5.41, 5.74) is 0. The Bertz CT molecular complexity index is 160. The number of carbonyl (C=O) groups excluding carboxylic acids is 1. The zero-order valence-corrected chi connectivity index (χ0v) is 7.18. The molecule has 1 aliphatic carbocycles. The Balaban J connectivity index is 2.54. The average Bonchev–Trinajstić information content (AvgIpc) is 1.97. The molecular weight excluding hydrogens is 136 g/mol. The number of Topliss-reactive ketones (excluding diaryl/α,β-unsaturated/α-hetero) is 1. The van der Waals surface area contributed by atoms with Gasteiger partial charge in [0, 0.05) is 12.3 Å². The van der Waals surface area contributed by atoms with Gasteiger partial charge in [-0.05, 0) is 25.2 Å². The fourth-order valence-corrected chi connectivity index (χ4v) is 1.85. The average molecular weight is 152 g/mol. The third-order valence-electron chi connectivity index (χ3n) is 2.60. The van der Waals surface area contributed by atoms with E-state index >= 15 is 0 Å². The lowest BCUT2D eigenvalue weighted by atomic mass is 9.78. The zero-order chi connectivity index (χ0) is 8.27. The number of hydrogen-bond donors (Lipinski definition) is 0. The summed E-state index contributed by atoms with van der Waals surface area (Å²) in [5, 5.41) is 0. The van der Waals surface area contributed by atoms with Crippen molar-refractivity contribution in [2.24, 2.45) is 11.8 Å². The molecule has 0 N–H and O–H groups in total. The van der Waals surface area contributed by atoms with Crippen LogP contribution in [0.3, 0.4) is 0 Å². The quantitative estimate of drug-likeness (QED) is 0.556. The van der Waals surface area contributed by atoms with E-state index in [0.717, 1.165) is 19.3 Å². The number of rotatable bonds is 2. The van der Waals surface area contributed by atoms with E-state index in [1.807, 2.05) is 6.08 Å². The first-order valence-electron chi connectivity index (χ1n) is 4.39. The molecule has 0 aliphatic heterocycles. The highest BCUT2D eigenvalue weighted by molar-refractivity contribution is 5.82. The fourth-order valence-electron chi connectivity index (χ4n) is 1.85. The number of allylic oxidation sites excluding steroid dienone is 1. The first-order chi connectivity index (χ1) is 5.25. The van der Waals surface area contributed by atoms with E-state index in [0.29, 0.717) is 11.7 Å². The SMILES string of the molecule is C=CC[C@@H]1C(=O)CCC[C@H]1C. The second kappa shape index (κ2) is 3.70. The molecule has 0 aromatic rings. The predicted molar refractivity (Wildman–Crippen MR) is 46.3 cm³/mol. The van der Waals surface area contributed by atoms with Crippen molar-refractivity contribution in [3.8, 4) is 0 Å². The molecule has 0 aromatic carbocycles. The van der Waals surface area contributed by atoms with Crippen LogP contribution < -0.4 is 0 Å². The molecule has 2 atom stereocenters. The molecule has 62 valence electrons. The first-order valence-corrected chi connectivity index (χ1v) is 4.39. The Hall–Kier alpha value is -0.590. The summed E-state index contributed by atoms with van der Waals surface area (Å²) in [4.78, 5) is 11.3. The van der Waals surface area contributed by atoms with E-state index in [4.69, 9.17) is 0 Å². The molecule has 0 amide bonds. The third-order valence-corrected chi connectivity index (χ3v) is 2.60. The van der Waals surface area contributed by atoms with Crippen molar-refractivity contribution in [3.05, 3.63) is 12.7 Å². The number of carbonyl (C=O) groups is 1. The predicted octanol–water partition coefficient (Wildman–Crippen LogP) is 2.57. The van der Waals surface area contributed by atoms with Gasteiger partial charge in [-0.25, -0.2) is 0 Å². The van der Waals surface area contributed by atoms with Gasteiger partial charge in [0.2, 0.25) is 0 Å².